The maximum absolute atomic E-state index is 13.1. The van der Waals surface area contributed by atoms with Gasteiger partial charge < -0.3 is 14.0 Å². The van der Waals surface area contributed by atoms with E-state index in [-0.39, 0.29) is 5.91 Å². The van der Waals surface area contributed by atoms with Crippen LogP contribution in [0, 0.1) is 0 Å². The number of ether oxygens (including phenoxy) is 1. The molecule has 1 aliphatic rings. The van der Waals surface area contributed by atoms with E-state index in [1.54, 1.807) is 47.0 Å². The van der Waals surface area contributed by atoms with Crippen molar-refractivity contribution in [3.63, 3.8) is 0 Å². The first-order valence-electron chi connectivity index (χ1n) is 11.6. The van der Waals surface area contributed by atoms with Crippen LogP contribution in [0.2, 0.25) is 0 Å². The fourth-order valence-corrected chi connectivity index (χ4v) is 4.40. The number of aromatic nitrogens is 2. The molecular weight excluding hydrogens is 469 g/mol. The van der Waals surface area contributed by atoms with Crippen molar-refractivity contribution in [2.24, 2.45) is 0 Å². The van der Waals surface area contributed by atoms with Crippen LogP contribution in [0.25, 0.3) is 16.8 Å². The van der Waals surface area contributed by atoms with Gasteiger partial charge in [-0.05, 0) is 53.1 Å². The van der Waals surface area contributed by atoms with Gasteiger partial charge in [0.25, 0.3) is 5.91 Å². The molecule has 6 nitrogen and oxygen atoms in total. The van der Waals surface area contributed by atoms with Gasteiger partial charge in [0.15, 0.2) is 0 Å². The number of fused-ring (bicyclic) bond motifs is 1. The van der Waals surface area contributed by atoms with Crippen LogP contribution in [0.5, 0.6) is 5.75 Å². The van der Waals surface area contributed by atoms with E-state index in [1.165, 1.54) is 11.6 Å². The fourth-order valence-electron chi connectivity index (χ4n) is 4.40. The molecule has 0 atom stereocenters. The lowest BCUT2D eigenvalue weighted by atomic mass is 10.0. The Bertz CT molecular complexity index is 1370. The highest BCUT2D eigenvalue weighted by Crippen LogP contribution is 2.32. The molecule has 186 valence electrons. The molecule has 3 heterocycles. The fraction of sp³-hybridized carbons (Fsp3) is 0.259. The summed E-state index contributed by atoms with van der Waals surface area (Å²) in [5.41, 5.74) is 2.42. The van der Waals surface area contributed by atoms with Crippen LogP contribution in [-0.2, 0) is 12.7 Å². The monoisotopic (exact) mass is 494 g/mol. The summed E-state index contributed by atoms with van der Waals surface area (Å²) in [6, 6.07) is 16.6. The molecule has 36 heavy (non-hydrogen) atoms. The molecule has 0 spiro atoms. The Morgan fingerprint density at radius 1 is 0.944 bits per heavy atom. The van der Waals surface area contributed by atoms with E-state index in [9.17, 15) is 18.0 Å². The van der Waals surface area contributed by atoms with E-state index >= 15 is 0 Å². The largest absolute Gasteiger partial charge is 0.497 e. The summed E-state index contributed by atoms with van der Waals surface area (Å²) in [4.78, 5) is 21.7. The first kappa shape index (κ1) is 23.9. The number of rotatable bonds is 5. The standard InChI is InChI=1S/C27H25F3N4O2/c1-36-23-8-5-19(6-9-23)16-32-11-13-33(14-12-32)26(35)24-18-34-17-21(7-10-25(34)31-24)20-3-2-4-22(15-20)27(28,29)30/h2-10,15,17-18H,11-14,16H2,1H3. The average molecular weight is 495 g/mol. The quantitative estimate of drug-likeness (QED) is 0.393. The van der Waals surface area contributed by atoms with Crippen molar-refractivity contribution in [3.05, 3.63) is 89.9 Å². The SMILES string of the molecule is COc1ccc(CN2CCN(C(=O)c3cn4cc(-c5cccc(C(F)(F)F)c5)ccc4n3)CC2)cc1. The van der Waals surface area contributed by atoms with E-state index in [4.69, 9.17) is 4.74 Å². The van der Waals surface area contributed by atoms with Gasteiger partial charge in [-0.2, -0.15) is 13.2 Å². The summed E-state index contributed by atoms with van der Waals surface area (Å²) in [6.45, 7) is 3.51. The van der Waals surface area contributed by atoms with Crippen molar-refractivity contribution < 1.29 is 22.7 Å². The van der Waals surface area contributed by atoms with Crippen molar-refractivity contribution in [1.29, 1.82) is 0 Å². The zero-order valence-electron chi connectivity index (χ0n) is 19.7. The summed E-state index contributed by atoms with van der Waals surface area (Å²) in [7, 11) is 1.64. The number of nitrogens with zero attached hydrogens (tertiary/aromatic N) is 4. The lowest BCUT2D eigenvalue weighted by molar-refractivity contribution is -0.137. The van der Waals surface area contributed by atoms with Gasteiger partial charge in [-0.1, -0.05) is 24.3 Å². The molecule has 1 saturated heterocycles. The number of carbonyl (C=O) groups is 1. The van der Waals surface area contributed by atoms with Gasteiger partial charge in [0.2, 0.25) is 0 Å². The predicted molar refractivity (Wildman–Crippen MR) is 130 cm³/mol. The maximum atomic E-state index is 13.1. The molecule has 2 aromatic heterocycles. The van der Waals surface area contributed by atoms with Crippen LogP contribution >= 0.6 is 0 Å². The Kier molecular flexibility index (Phi) is 6.40. The number of halogens is 3. The normalized spacial score (nSPS) is 14.8. The van der Waals surface area contributed by atoms with E-state index in [2.05, 4.69) is 9.88 Å². The number of carbonyl (C=O) groups excluding carboxylic acids is 1. The minimum atomic E-state index is -4.41. The van der Waals surface area contributed by atoms with Crippen molar-refractivity contribution in [1.82, 2.24) is 19.2 Å². The molecule has 0 aliphatic carbocycles. The zero-order chi connectivity index (χ0) is 25.3. The molecule has 0 unspecified atom stereocenters. The molecule has 0 N–H and O–H groups in total. The van der Waals surface area contributed by atoms with Crippen molar-refractivity contribution >= 4 is 11.6 Å². The number of hydrogen-bond acceptors (Lipinski definition) is 4. The molecule has 1 fully saturated rings. The Morgan fingerprint density at radius 2 is 1.69 bits per heavy atom. The summed E-state index contributed by atoms with van der Waals surface area (Å²) in [5.74, 6) is 0.673. The van der Waals surface area contributed by atoms with Crippen molar-refractivity contribution in [2.45, 2.75) is 12.7 Å². The van der Waals surface area contributed by atoms with Crippen LogP contribution < -0.4 is 4.74 Å². The molecule has 0 radical (unpaired) electrons. The number of alkyl halides is 3. The van der Waals surface area contributed by atoms with Crippen LogP contribution in [0.15, 0.2) is 73.1 Å². The maximum Gasteiger partial charge on any atom is 0.416 e. The highest BCUT2D eigenvalue weighted by atomic mass is 19.4. The molecule has 2 aromatic carbocycles. The van der Waals surface area contributed by atoms with Gasteiger partial charge in [0, 0.05) is 45.1 Å². The van der Waals surface area contributed by atoms with Crippen LogP contribution in [0.4, 0.5) is 13.2 Å². The molecule has 4 aromatic rings. The van der Waals surface area contributed by atoms with Gasteiger partial charge in [-0.25, -0.2) is 4.98 Å². The van der Waals surface area contributed by atoms with Gasteiger partial charge in [-0.3, -0.25) is 9.69 Å². The second kappa shape index (κ2) is 9.66. The Morgan fingerprint density at radius 3 is 2.39 bits per heavy atom. The highest BCUT2D eigenvalue weighted by molar-refractivity contribution is 5.93. The topological polar surface area (TPSA) is 50.1 Å². The molecule has 1 aliphatic heterocycles. The predicted octanol–water partition coefficient (Wildman–Crippen LogP) is 4.99. The van der Waals surface area contributed by atoms with E-state index in [0.717, 1.165) is 37.5 Å². The first-order valence-corrected chi connectivity index (χ1v) is 11.6. The van der Waals surface area contributed by atoms with Gasteiger partial charge >= 0.3 is 6.18 Å². The number of benzene rings is 2. The summed E-state index contributed by atoms with van der Waals surface area (Å²) in [5, 5.41) is 0. The third-order valence-electron chi connectivity index (χ3n) is 6.42. The summed E-state index contributed by atoms with van der Waals surface area (Å²) in [6.07, 6.45) is -1.08. The zero-order valence-corrected chi connectivity index (χ0v) is 19.7. The van der Waals surface area contributed by atoms with Crippen LogP contribution in [0.3, 0.4) is 0 Å². The second-order valence-electron chi connectivity index (χ2n) is 8.80. The third-order valence-corrected chi connectivity index (χ3v) is 6.42. The smallest absolute Gasteiger partial charge is 0.416 e. The number of methoxy groups -OCH3 is 1. The number of imidazole rings is 1. The number of amides is 1. The lowest BCUT2D eigenvalue weighted by Crippen LogP contribution is -2.48. The Labute approximate surface area is 206 Å². The molecule has 0 saturated carbocycles. The first-order chi connectivity index (χ1) is 17.3. The number of pyridine rings is 1. The van der Waals surface area contributed by atoms with E-state index < -0.39 is 11.7 Å². The molecular formula is C27H25F3N4O2. The van der Waals surface area contributed by atoms with Gasteiger partial charge in [-0.15, -0.1) is 0 Å². The van der Waals surface area contributed by atoms with E-state index in [1.807, 2.05) is 24.3 Å². The van der Waals surface area contributed by atoms with Gasteiger partial charge in [0.05, 0.1) is 12.7 Å². The Hall–Kier alpha value is -3.85. The second-order valence-corrected chi connectivity index (χ2v) is 8.80. The minimum absolute atomic E-state index is 0.150. The van der Waals surface area contributed by atoms with E-state index in [0.29, 0.717) is 35.6 Å². The van der Waals surface area contributed by atoms with Crippen molar-refractivity contribution in [3.8, 4) is 16.9 Å². The number of piperazine rings is 1. The summed E-state index contributed by atoms with van der Waals surface area (Å²) >= 11 is 0. The lowest BCUT2D eigenvalue weighted by Gasteiger charge is -2.34. The Balaban J connectivity index is 1.26. The van der Waals surface area contributed by atoms with Crippen LogP contribution in [-0.4, -0.2) is 58.4 Å². The molecule has 1 amide bonds. The average Bonchev–Trinajstić information content (AvgIpc) is 3.32. The third kappa shape index (κ3) is 5.06. The van der Waals surface area contributed by atoms with Crippen LogP contribution in [0.1, 0.15) is 21.6 Å². The highest BCUT2D eigenvalue weighted by Gasteiger charge is 2.30. The minimum Gasteiger partial charge on any atom is -0.497 e. The molecule has 5 rings (SSSR count). The van der Waals surface area contributed by atoms with Crippen molar-refractivity contribution in [2.75, 3.05) is 33.3 Å². The summed E-state index contributed by atoms with van der Waals surface area (Å²) < 4.78 is 46.2. The molecule has 9 heteroatoms. The molecule has 0 bridgehead atoms. The van der Waals surface area contributed by atoms with Gasteiger partial charge in [0.1, 0.15) is 17.1 Å². The number of hydrogen-bond donors (Lipinski definition) is 0.